The third kappa shape index (κ3) is 3.69. The highest BCUT2D eigenvalue weighted by Crippen LogP contribution is 2.35. The summed E-state index contributed by atoms with van der Waals surface area (Å²) in [6.07, 6.45) is 7.07. The van der Waals surface area contributed by atoms with Crippen LogP contribution in [0.5, 0.6) is 0 Å². The molecule has 19 heavy (non-hydrogen) atoms. The molecule has 0 bridgehead atoms. The largest absolute Gasteiger partial charge is 0.394 e. The summed E-state index contributed by atoms with van der Waals surface area (Å²) in [5.74, 6) is 0.506. The van der Waals surface area contributed by atoms with Gasteiger partial charge in [-0.3, -0.25) is 0 Å². The summed E-state index contributed by atoms with van der Waals surface area (Å²) in [6.45, 7) is 3.71. The molecule has 4 nitrogen and oxygen atoms in total. The molecule has 0 spiro atoms. The fourth-order valence-electron chi connectivity index (χ4n) is 3.79. The maximum Gasteiger partial charge on any atom is 0.0613 e. The zero-order valence-corrected chi connectivity index (χ0v) is 12.6. The van der Waals surface area contributed by atoms with Crippen molar-refractivity contribution in [3.63, 3.8) is 0 Å². The molecule has 3 N–H and O–H groups in total. The number of piperidine rings is 1. The highest BCUT2D eigenvalue weighted by Gasteiger charge is 2.38. The standard InChI is InChI=1S/C15H31N3O/c1-17-9-6-14(7-10-17)18(2)11-5-13-4-3-8-15(13,16)12-19/h13-14,19H,3-12,16H2,1-2H3. The van der Waals surface area contributed by atoms with Crippen molar-refractivity contribution in [2.45, 2.75) is 50.1 Å². The summed E-state index contributed by atoms with van der Waals surface area (Å²) in [5, 5.41) is 9.49. The highest BCUT2D eigenvalue weighted by molar-refractivity contribution is 4.96. The summed E-state index contributed by atoms with van der Waals surface area (Å²) < 4.78 is 0. The van der Waals surface area contributed by atoms with Crippen LogP contribution in [0.1, 0.15) is 38.5 Å². The van der Waals surface area contributed by atoms with Gasteiger partial charge in [0.1, 0.15) is 0 Å². The van der Waals surface area contributed by atoms with E-state index in [1.165, 1.54) is 38.8 Å². The van der Waals surface area contributed by atoms with Crippen LogP contribution in [0.2, 0.25) is 0 Å². The molecule has 2 fully saturated rings. The number of hydrogen-bond donors (Lipinski definition) is 2. The third-order valence-electron chi connectivity index (χ3n) is 5.44. The van der Waals surface area contributed by atoms with Gasteiger partial charge >= 0.3 is 0 Å². The van der Waals surface area contributed by atoms with E-state index < -0.39 is 0 Å². The average Bonchev–Trinajstić information content (AvgIpc) is 2.79. The zero-order valence-electron chi connectivity index (χ0n) is 12.6. The molecule has 4 heteroatoms. The minimum Gasteiger partial charge on any atom is -0.394 e. The zero-order chi connectivity index (χ0) is 13.9. The molecule has 1 saturated heterocycles. The first-order valence-corrected chi connectivity index (χ1v) is 7.83. The number of aliphatic hydroxyl groups excluding tert-OH is 1. The average molecular weight is 269 g/mol. The van der Waals surface area contributed by atoms with Gasteiger partial charge < -0.3 is 20.6 Å². The Balaban J connectivity index is 1.75. The lowest BCUT2D eigenvalue weighted by atomic mass is 9.86. The Hall–Kier alpha value is -0.160. The van der Waals surface area contributed by atoms with E-state index in [-0.39, 0.29) is 12.1 Å². The van der Waals surface area contributed by atoms with Crippen LogP contribution in [0.25, 0.3) is 0 Å². The van der Waals surface area contributed by atoms with Gasteiger partial charge in [-0.2, -0.15) is 0 Å². The SMILES string of the molecule is CN1CCC(N(C)CCC2CCCC2(N)CO)CC1. The van der Waals surface area contributed by atoms with Gasteiger partial charge in [0, 0.05) is 11.6 Å². The van der Waals surface area contributed by atoms with Crippen molar-refractivity contribution in [3.8, 4) is 0 Å². The first kappa shape index (κ1) is 15.2. The van der Waals surface area contributed by atoms with Crippen molar-refractivity contribution >= 4 is 0 Å². The molecule has 1 aliphatic heterocycles. The predicted molar refractivity (Wildman–Crippen MR) is 79.1 cm³/mol. The monoisotopic (exact) mass is 269 g/mol. The van der Waals surface area contributed by atoms with Gasteiger partial charge in [0.15, 0.2) is 0 Å². The maximum absolute atomic E-state index is 9.49. The number of rotatable bonds is 5. The molecule has 2 unspecified atom stereocenters. The lowest BCUT2D eigenvalue weighted by Gasteiger charge is -2.37. The van der Waals surface area contributed by atoms with Crippen LogP contribution >= 0.6 is 0 Å². The van der Waals surface area contributed by atoms with Crippen molar-refractivity contribution in [1.29, 1.82) is 0 Å². The van der Waals surface area contributed by atoms with E-state index in [1.807, 2.05) is 0 Å². The molecule has 0 amide bonds. The minimum absolute atomic E-state index is 0.148. The minimum atomic E-state index is -0.298. The van der Waals surface area contributed by atoms with Gasteiger partial charge in [-0.25, -0.2) is 0 Å². The molecule has 2 rings (SSSR count). The second-order valence-electron chi connectivity index (χ2n) is 6.78. The molecule has 1 aliphatic carbocycles. The van der Waals surface area contributed by atoms with Gasteiger partial charge in [-0.05, 0) is 71.8 Å². The number of nitrogens with zero attached hydrogens (tertiary/aromatic N) is 2. The van der Waals surface area contributed by atoms with Crippen molar-refractivity contribution in [2.75, 3.05) is 40.3 Å². The van der Waals surface area contributed by atoms with Crippen LogP contribution in [0.4, 0.5) is 0 Å². The van der Waals surface area contributed by atoms with E-state index in [0.717, 1.165) is 25.4 Å². The molecule has 0 aromatic heterocycles. The topological polar surface area (TPSA) is 52.7 Å². The van der Waals surface area contributed by atoms with Crippen molar-refractivity contribution in [2.24, 2.45) is 11.7 Å². The first-order valence-electron chi connectivity index (χ1n) is 7.83. The van der Waals surface area contributed by atoms with E-state index in [1.54, 1.807) is 0 Å². The van der Waals surface area contributed by atoms with Gasteiger partial charge in [0.2, 0.25) is 0 Å². The Labute approximate surface area is 117 Å². The van der Waals surface area contributed by atoms with Crippen molar-refractivity contribution < 1.29 is 5.11 Å². The quantitative estimate of drug-likeness (QED) is 0.778. The second-order valence-corrected chi connectivity index (χ2v) is 6.78. The normalized spacial score (nSPS) is 34.3. The summed E-state index contributed by atoms with van der Waals surface area (Å²) in [6, 6.07) is 0.735. The van der Waals surface area contributed by atoms with Crippen molar-refractivity contribution in [3.05, 3.63) is 0 Å². The number of hydrogen-bond acceptors (Lipinski definition) is 4. The lowest BCUT2D eigenvalue weighted by Crippen LogP contribution is -2.48. The molecular weight excluding hydrogens is 238 g/mol. The van der Waals surface area contributed by atoms with E-state index in [9.17, 15) is 5.11 Å². The Morgan fingerprint density at radius 1 is 1.32 bits per heavy atom. The summed E-state index contributed by atoms with van der Waals surface area (Å²) in [7, 11) is 4.46. The Morgan fingerprint density at radius 2 is 2.00 bits per heavy atom. The molecule has 0 aromatic rings. The number of likely N-dealkylation sites (tertiary alicyclic amines) is 1. The molecule has 0 radical (unpaired) electrons. The predicted octanol–water partition coefficient (Wildman–Crippen LogP) is 0.892. The molecule has 112 valence electrons. The van der Waals surface area contributed by atoms with Crippen LogP contribution in [0, 0.1) is 5.92 Å². The van der Waals surface area contributed by atoms with Gasteiger partial charge in [0.25, 0.3) is 0 Å². The van der Waals surface area contributed by atoms with Crippen LogP contribution in [-0.4, -0.2) is 66.8 Å². The van der Waals surface area contributed by atoms with Crippen LogP contribution < -0.4 is 5.73 Å². The Kier molecular flexibility index (Phi) is 5.23. The fourth-order valence-corrected chi connectivity index (χ4v) is 3.79. The molecule has 1 heterocycles. The Morgan fingerprint density at radius 3 is 2.63 bits per heavy atom. The number of aliphatic hydroxyl groups is 1. The third-order valence-corrected chi connectivity index (χ3v) is 5.44. The van der Waals surface area contributed by atoms with E-state index >= 15 is 0 Å². The fraction of sp³-hybridized carbons (Fsp3) is 1.00. The first-order chi connectivity index (χ1) is 9.05. The van der Waals surface area contributed by atoms with Crippen LogP contribution in [0.3, 0.4) is 0 Å². The van der Waals surface area contributed by atoms with Crippen LogP contribution in [0.15, 0.2) is 0 Å². The number of nitrogens with two attached hydrogens (primary N) is 1. The molecule has 0 aromatic carbocycles. The van der Waals surface area contributed by atoms with E-state index in [4.69, 9.17) is 5.73 Å². The molecule has 2 atom stereocenters. The van der Waals surface area contributed by atoms with E-state index in [2.05, 4.69) is 23.9 Å². The second kappa shape index (κ2) is 6.53. The van der Waals surface area contributed by atoms with E-state index in [0.29, 0.717) is 5.92 Å². The molecule has 2 aliphatic rings. The smallest absolute Gasteiger partial charge is 0.0613 e. The summed E-state index contributed by atoms with van der Waals surface area (Å²) >= 11 is 0. The van der Waals surface area contributed by atoms with Gasteiger partial charge in [0.05, 0.1) is 6.61 Å². The van der Waals surface area contributed by atoms with Crippen molar-refractivity contribution in [1.82, 2.24) is 9.80 Å². The van der Waals surface area contributed by atoms with Gasteiger partial charge in [-0.1, -0.05) is 6.42 Å². The molecule has 1 saturated carbocycles. The maximum atomic E-state index is 9.49. The van der Waals surface area contributed by atoms with Gasteiger partial charge in [-0.15, -0.1) is 0 Å². The van der Waals surface area contributed by atoms with Crippen LogP contribution in [-0.2, 0) is 0 Å². The summed E-state index contributed by atoms with van der Waals surface area (Å²) in [4.78, 5) is 4.93. The highest BCUT2D eigenvalue weighted by atomic mass is 16.3. The Bertz CT molecular complexity index is 279. The molecular formula is C15H31N3O. The summed E-state index contributed by atoms with van der Waals surface area (Å²) in [5.41, 5.74) is 6.01. The lowest BCUT2D eigenvalue weighted by molar-refractivity contribution is 0.118.